The molecule has 0 aliphatic heterocycles. The van der Waals surface area contributed by atoms with E-state index in [1.807, 2.05) is 7.05 Å². The van der Waals surface area contributed by atoms with Crippen molar-refractivity contribution in [1.29, 1.82) is 0 Å². The molecular weight excluding hydrogens is 268 g/mol. The summed E-state index contributed by atoms with van der Waals surface area (Å²) >= 11 is 1.74. The van der Waals surface area contributed by atoms with Gasteiger partial charge in [-0.25, -0.2) is 9.97 Å². The Hall–Kier alpha value is -1.62. The van der Waals surface area contributed by atoms with Crippen molar-refractivity contribution < 1.29 is 0 Å². The molecule has 2 N–H and O–H groups in total. The third-order valence-electron chi connectivity index (χ3n) is 3.20. The number of hydrogen-bond acceptors (Lipinski definition) is 5. The summed E-state index contributed by atoms with van der Waals surface area (Å²) < 4.78 is 0. The minimum Gasteiger partial charge on any atom is -0.373 e. The second-order valence-corrected chi connectivity index (χ2v) is 6.05. The van der Waals surface area contributed by atoms with E-state index in [1.54, 1.807) is 17.7 Å². The molecule has 20 heavy (non-hydrogen) atoms. The molecule has 0 aliphatic rings. The lowest BCUT2D eigenvalue weighted by Crippen LogP contribution is -2.20. The van der Waals surface area contributed by atoms with Gasteiger partial charge < -0.3 is 10.6 Å². The zero-order valence-corrected chi connectivity index (χ0v) is 13.3. The van der Waals surface area contributed by atoms with Gasteiger partial charge in [0, 0.05) is 18.7 Å². The molecule has 0 spiro atoms. The lowest BCUT2D eigenvalue weighted by molar-refractivity contribution is 0.771. The van der Waals surface area contributed by atoms with Crippen molar-refractivity contribution in [3.05, 3.63) is 34.3 Å². The summed E-state index contributed by atoms with van der Waals surface area (Å²) in [5.41, 5.74) is 2.51. The number of nitrogens with one attached hydrogen (secondary N) is 2. The predicted octanol–water partition coefficient (Wildman–Crippen LogP) is 3.75. The Bertz CT molecular complexity index is 537. The van der Waals surface area contributed by atoms with Gasteiger partial charge in [-0.15, -0.1) is 0 Å². The van der Waals surface area contributed by atoms with E-state index in [0.717, 1.165) is 23.6 Å². The number of hydrogen-bond donors (Lipinski definition) is 2. The van der Waals surface area contributed by atoms with Crippen LogP contribution in [0.2, 0.25) is 0 Å². The third-order valence-corrected chi connectivity index (χ3v) is 3.94. The van der Waals surface area contributed by atoms with Crippen molar-refractivity contribution in [2.75, 3.05) is 17.7 Å². The molecule has 2 rings (SSSR count). The summed E-state index contributed by atoms with van der Waals surface area (Å²) in [5, 5.41) is 11.0. The topological polar surface area (TPSA) is 49.8 Å². The van der Waals surface area contributed by atoms with Crippen LogP contribution in [0.25, 0.3) is 0 Å². The highest BCUT2D eigenvalue weighted by molar-refractivity contribution is 7.07. The van der Waals surface area contributed by atoms with Gasteiger partial charge in [0.1, 0.15) is 18.0 Å². The molecule has 0 aliphatic carbocycles. The highest BCUT2D eigenvalue weighted by atomic mass is 32.1. The van der Waals surface area contributed by atoms with E-state index < -0.39 is 0 Å². The normalized spacial score (nSPS) is 12.4. The average Bonchev–Trinajstić information content (AvgIpc) is 2.90. The van der Waals surface area contributed by atoms with Gasteiger partial charge >= 0.3 is 0 Å². The maximum absolute atomic E-state index is 4.42. The van der Waals surface area contributed by atoms with Gasteiger partial charge in [-0.1, -0.05) is 13.8 Å². The highest BCUT2D eigenvalue weighted by Crippen LogP contribution is 2.28. The second kappa shape index (κ2) is 6.70. The van der Waals surface area contributed by atoms with E-state index in [0.29, 0.717) is 12.0 Å². The summed E-state index contributed by atoms with van der Waals surface area (Å²) in [6.45, 7) is 6.51. The number of anilines is 2. The summed E-state index contributed by atoms with van der Waals surface area (Å²) in [6, 6.07) is 2.51. The first-order chi connectivity index (χ1) is 9.61. The number of thiophene rings is 1. The fraction of sp³-hybridized carbons (Fsp3) is 0.467. The fourth-order valence-electron chi connectivity index (χ4n) is 2.30. The molecule has 0 radical (unpaired) electrons. The van der Waals surface area contributed by atoms with Gasteiger partial charge in [0.15, 0.2) is 0 Å². The maximum atomic E-state index is 4.42. The van der Waals surface area contributed by atoms with Gasteiger partial charge in [-0.05, 0) is 41.7 Å². The van der Waals surface area contributed by atoms with Crippen LogP contribution in [0.3, 0.4) is 0 Å². The molecule has 0 amide bonds. The predicted molar refractivity (Wildman–Crippen MR) is 86.8 cm³/mol. The summed E-state index contributed by atoms with van der Waals surface area (Å²) in [4.78, 5) is 8.72. The molecule has 108 valence electrons. The van der Waals surface area contributed by atoms with Crippen molar-refractivity contribution in [3.63, 3.8) is 0 Å². The molecule has 4 nitrogen and oxygen atoms in total. The van der Waals surface area contributed by atoms with Crippen LogP contribution in [-0.4, -0.2) is 23.1 Å². The van der Waals surface area contributed by atoms with Gasteiger partial charge in [0.2, 0.25) is 0 Å². The van der Waals surface area contributed by atoms with Crippen molar-refractivity contribution in [1.82, 2.24) is 9.97 Å². The highest BCUT2D eigenvalue weighted by Gasteiger charge is 2.15. The van der Waals surface area contributed by atoms with Crippen molar-refractivity contribution in [2.45, 2.75) is 39.2 Å². The molecule has 5 heteroatoms. The quantitative estimate of drug-likeness (QED) is 0.851. The van der Waals surface area contributed by atoms with Crippen LogP contribution in [0.1, 0.15) is 37.8 Å². The van der Waals surface area contributed by atoms with Crippen LogP contribution < -0.4 is 10.6 Å². The van der Waals surface area contributed by atoms with E-state index in [2.05, 4.69) is 58.2 Å². The molecule has 0 aromatic carbocycles. The first kappa shape index (κ1) is 14.8. The third kappa shape index (κ3) is 3.48. The zero-order chi connectivity index (χ0) is 14.5. The van der Waals surface area contributed by atoms with Crippen LogP contribution in [0.5, 0.6) is 0 Å². The SMILES string of the molecule is CNc1ncnc(NC(C)Cc2ccsc2)c1C(C)C. The minimum absolute atomic E-state index is 0.335. The monoisotopic (exact) mass is 290 g/mol. The number of nitrogens with zero attached hydrogens (tertiary/aromatic N) is 2. The molecule has 1 unspecified atom stereocenters. The minimum atomic E-state index is 0.335. The Labute approximate surface area is 124 Å². The first-order valence-electron chi connectivity index (χ1n) is 6.92. The molecule has 2 aromatic heterocycles. The molecule has 0 saturated heterocycles. The van der Waals surface area contributed by atoms with Gasteiger partial charge in [-0.3, -0.25) is 0 Å². The summed E-state index contributed by atoms with van der Waals surface area (Å²) in [5.74, 6) is 2.21. The van der Waals surface area contributed by atoms with Gasteiger partial charge in [0.05, 0.1) is 0 Å². The fourth-order valence-corrected chi connectivity index (χ4v) is 2.98. The van der Waals surface area contributed by atoms with Gasteiger partial charge in [-0.2, -0.15) is 11.3 Å². The Balaban J connectivity index is 2.16. The van der Waals surface area contributed by atoms with Crippen molar-refractivity contribution >= 4 is 23.0 Å². The Morgan fingerprint density at radius 2 is 1.95 bits per heavy atom. The second-order valence-electron chi connectivity index (χ2n) is 5.27. The van der Waals surface area contributed by atoms with E-state index in [4.69, 9.17) is 0 Å². The molecule has 1 atom stereocenters. The molecular formula is C15H22N4S. The average molecular weight is 290 g/mol. The summed E-state index contributed by atoms with van der Waals surface area (Å²) in [7, 11) is 1.90. The van der Waals surface area contributed by atoms with Crippen molar-refractivity contribution in [3.8, 4) is 0 Å². The molecule has 2 heterocycles. The number of rotatable bonds is 6. The van der Waals surface area contributed by atoms with Crippen molar-refractivity contribution in [2.24, 2.45) is 0 Å². The van der Waals surface area contributed by atoms with E-state index >= 15 is 0 Å². The first-order valence-corrected chi connectivity index (χ1v) is 7.86. The number of aromatic nitrogens is 2. The van der Waals surface area contributed by atoms with Crippen LogP contribution in [-0.2, 0) is 6.42 Å². The van der Waals surface area contributed by atoms with Crippen LogP contribution in [0, 0.1) is 0 Å². The van der Waals surface area contributed by atoms with Gasteiger partial charge in [0.25, 0.3) is 0 Å². The largest absolute Gasteiger partial charge is 0.373 e. The van der Waals surface area contributed by atoms with E-state index in [-0.39, 0.29) is 0 Å². The Morgan fingerprint density at radius 3 is 2.55 bits per heavy atom. The lowest BCUT2D eigenvalue weighted by Gasteiger charge is -2.20. The van der Waals surface area contributed by atoms with Crippen LogP contribution in [0.4, 0.5) is 11.6 Å². The molecule has 0 fully saturated rings. The van der Waals surface area contributed by atoms with Crippen LogP contribution >= 0.6 is 11.3 Å². The smallest absolute Gasteiger partial charge is 0.135 e. The van der Waals surface area contributed by atoms with E-state index in [1.165, 1.54) is 5.56 Å². The molecule has 0 bridgehead atoms. The standard InChI is InChI=1S/C15H22N4S/c1-10(2)13-14(16-4)17-9-18-15(13)19-11(3)7-12-5-6-20-8-12/h5-6,8-11H,7H2,1-4H3,(H2,16,17,18,19). The Morgan fingerprint density at radius 1 is 1.20 bits per heavy atom. The molecule has 0 saturated carbocycles. The Kier molecular flexibility index (Phi) is 4.95. The maximum Gasteiger partial charge on any atom is 0.135 e. The lowest BCUT2D eigenvalue weighted by atomic mass is 10.0. The van der Waals surface area contributed by atoms with Crippen LogP contribution in [0.15, 0.2) is 23.2 Å². The summed E-state index contributed by atoms with van der Waals surface area (Å²) in [6.07, 6.45) is 2.61. The zero-order valence-electron chi connectivity index (χ0n) is 12.5. The molecule has 2 aromatic rings. The van der Waals surface area contributed by atoms with E-state index in [9.17, 15) is 0 Å².